The fourth-order valence-electron chi connectivity index (χ4n) is 0.904. The molecule has 0 fully saturated rings. The van der Waals surface area contributed by atoms with Crippen molar-refractivity contribution in [1.29, 1.82) is 0 Å². The smallest absolute Gasteiger partial charge is 0.226 e. The Hall–Kier alpha value is -1.06. The van der Waals surface area contributed by atoms with Crippen LogP contribution in [0.2, 0.25) is 0 Å². The summed E-state index contributed by atoms with van der Waals surface area (Å²) in [5.41, 5.74) is 3.58. The van der Waals surface area contributed by atoms with Crippen molar-refractivity contribution in [2.45, 2.75) is 27.7 Å². The quantitative estimate of drug-likeness (QED) is 0.664. The van der Waals surface area contributed by atoms with Crippen molar-refractivity contribution < 1.29 is 9.59 Å². The fraction of sp³-hybridized carbons (Fsp3) is 0.778. The van der Waals surface area contributed by atoms with Crippen molar-refractivity contribution >= 4 is 11.8 Å². The molecule has 0 rings (SSSR count). The molecule has 0 aromatic heterocycles. The van der Waals surface area contributed by atoms with E-state index in [2.05, 4.69) is 5.32 Å². The molecule has 3 N–H and O–H groups in total. The molecule has 4 heteroatoms. The van der Waals surface area contributed by atoms with Crippen LogP contribution in [0.25, 0.3) is 0 Å². The van der Waals surface area contributed by atoms with E-state index in [1.165, 1.54) is 0 Å². The topological polar surface area (TPSA) is 72.2 Å². The molecule has 0 radical (unpaired) electrons. The van der Waals surface area contributed by atoms with Gasteiger partial charge in [-0.05, 0) is 0 Å². The molecule has 0 aromatic carbocycles. The second kappa shape index (κ2) is 3.36. The summed E-state index contributed by atoms with van der Waals surface area (Å²) in [5.74, 6) is -0.655. The van der Waals surface area contributed by atoms with Crippen LogP contribution >= 0.6 is 0 Å². The normalized spacial score (nSPS) is 12.4. The van der Waals surface area contributed by atoms with Gasteiger partial charge in [0.2, 0.25) is 11.8 Å². The maximum absolute atomic E-state index is 11.5. The van der Waals surface area contributed by atoms with Crippen molar-refractivity contribution in [3.8, 4) is 0 Å². The molecule has 0 spiro atoms. The van der Waals surface area contributed by atoms with Crippen LogP contribution in [0.15, 0.2) is 0 Å². The number of carbonyl (C=O) groups excluding carboxylic acids is 2. The first kappa shape index (κ1) is 11.9. The largest absolute Gasteiger partial charge is 0.369 e. The van der Waals surface area contributed by atoms with Gasteiger partial charge in [0.1, 0.15) is 0 Å². The van der Waals surface area contributed by atoms with Gasteiger partial charge in [0.05, 0.1) is 10.8 Å². The number of hydrogen-bond donors (Lipinski definition) is 2. The van der Waals surface area contributed by atoms with Gasteiger partial charge in [0, 0.05) is 7.05 Å². The molecule has 0 atom stereocenters. The van der Waals surface area contributed by atoms with Crippen molar-refractivity contribution in [3.05, 3.63) is 0 Å². The number of hydrogen-bond acceptors (Lipinski definition) is 2. The maximum atomic E-state index is 11.5. The van der Waals surface area contributed by atoms with Gasteiger partial charge >= 0.3 is 0 Å². The summed E-state index contributed by atoms with van der Waals surface area (Å²) in [6, 6.07) is 0. The second-order valence-corrected chi connectivity index (χ2v) is 4.19. The summed E-state index contributed by atoms with van der Waals surface area (Å²) < 4.78 is 0. The molecule has 0 aliphatic heterocycles. The minimum atomic E-state index is -0.854. The highest BCUT2D eigenvalue weighted by molar-refractivity contribution is 5.91. The van der Waals surface area contributed by atoms with E-state index >= 15 is 0 Å². The lowest BCUT2D eigenvalue weighted by Gasteiger charge is -2.37. The molecule has 0 saturated heterocycles. The van der Waals surface area contributed by atoms with Crippen molar-refractivity contribution in [1.82, 2.24) is 5.32 Å². The van der Waals surface area contributed by atoms with Crippen LogP contribution in [0.4, 0.5) is 0 Å². The number of carbonyl (C=O) groups is 2. The maximum Gasteiger partial charge on any atom is 0.226 e. The number of rotatable bonds is 3. The molecular formula is C9H18N2O2. The van der Waals surface area contributed by atoms with Crippen LogP contribution < -0.4 is 11.1 Å². The summed E-state index contributed by atoms with van der Waals surface area (Å²) in [4.78, 5) is 22.6. The molecule has 76 valence electrons. The van der Waals surface area contributed by atoms with Crippen molar-refractivity contribution in [2.24, 2.45) is 16.6 Å². The number of primary amides is 1. The van der Waals surface area contributed by atoms with E-state index in [9.17, 15) is 9.59 Å². The minimum Gasteiger partial charge on any atom is -0.369 e. The molecule has 0 aliphatic rings. The van der Waals surface area contributed by atoms with Crippen LogP contribution in [-0.4, -0.2) is 18.9 Å². The predicted octanol–water partition coefficient (Wildman–Crippen LogP) is 0.270. The van der Waals surface area contributed by atoms with Crippen molar-refractivity contribution in [3.63, 3.8) is 0 Å². The lowest BCUT2D eigenvalue weighted by atomic mass is 9.67. The monoisotopic (exact) mass is 186 g/mol. The Bertz CT molecular complexity index is 232. The van der Waals surface area contributed by atoms with Crippen LogP contribution in [0, 0.1) is 10.8 Å². The Kier molecular flexibility index (Phi) is 3.08. The first-order chi connectivity index (χ1) is 5.67. The Balaban J connectivity index is 5.02. The standard InChI is InChI=1S/C9H18N2O2/c1-8(2,6(10)12)9(3,4)7(13)11-5/h1-5H3,(H2,10,12)(H,11,13). The fourth-order valence-corrected chi connectivity index (χ4v) is 0.904. The van der Waals surface area contributed by atoms with E-state index in [4.69, 9.17) is 5.73 Å². The van der Waals surface area contributed by atoms with Gasteiger partial charge in [0.15, 0.2) is 0 Å². The summed E-state index contributed by atoms with van der Waals surface area (Å²) in [6.07, 6.45) is 0. The third-order valence-corrected chi connectivity index (χ3v) is 2.97. The van der Waals surface area contributed by atoms with Crippen LogP contribution in [0.1, 0.15) is 27.7 Å². The summed E-state index contributed by atoms with van der Waals surface area (Å²) in [5, 5.41) is 2.52. The Labute approximate surface area is 78.9 Å². The van der Waals surface area contributed by atoms with E-state index in [1.54, 1.807) is 34.7 Å². The Morgan fingerprint density at radius 1 is 1.08 bits per heavy atom. The highest BCUT2D eigenvalue weighted by Gasteiger charge is 2.46. The molecular weight excluding hydrogens is 168 g/mol. The molecule has 4 nitrogen and oxygen atoms in total. The second-order valence-electron chi connectivity index (χ2n) is 4.19. The highest BCUT2D eigenvalue weighted by atomic mass is 16.2. The van der Waals surface area contributed by atoms with E-state index in [0.717, 1.165) is 0 Å². The van der Waals surface area contributed by atoms with E-state index in [1.807, 2.05) is 0 Å². The zero-order valence-corrected chi connectivity index (χ0v) is 8.89. The zero-order valence-electron chi connectivity index (χ0n) is 8.89. The van der Waals surface area contributed by atoms with Gasteiger partial charge < -0.3 is 11.1 Å². The number of nitrogens with two attached hydrogens (primary N) is 1. The van der Waals surface area contributed by atoms with Crippen molar-refractivity contribution in [2.75, 3.05) is 7.05 Å². The third kappa shape index (κ3) is 1.82. The first-order valence-corrected chi connectivity index (χ1v) is 4.20. The van der Waals surface area contributed by atoms with Gasteiger partial charge in [-0.2, -0.15) is 0 Å². The van der Waals surface area contributed by atoms with Gasteiger partial charge in [-0.15, -0.1) is 0 Å². The van der Waals surface area contributed by atoms with Gasteiger partial charge in [-0.1, -0.05) is 27.7 Å². The Morgan fingerprint density at radius 2 is 1.46 bits per heavy atom. The molecule has 0 unspecified atom stereocenters. The minimum absolute atomic E-state index is 0.184. The lowest BCUT2D eigenvalue weighted by molar-refractivity contribution is -0.144. The summed E-state index contributed by atoms with van der Waals surface area (Å²) >= 11 is 0. The zero-order chi connectivity index (χ0) is 10.9. The Morgan fingerprint density at radius 3 is 1.69 bits per heavy atom. The molecule has 0 bridgehead atoms. The predicted molar refractivity (Wildman–Crippen MR) is 50.8 cm³/mol. The SMILES string of the molecule is CNC(=O)C(C)(C)C(C)(C)C(N)=O. The average molecular weight is 186 g/mol. The molecule has 0 aliphatic carbocycles. The molecule has 13 heavy (non-hydrogen) atoms. The number of amides is 2. The summed E-state index contributed by atoms with van der Waals surface area (Å²) in [6.45, 7) is 6.75. The van der Waals surface area contributed by atoms with E-state index < -0.39 is 16.7 Å². The molecule has 0 saturated carbocycles. The van der Waals surface area contributed by atoms with E-state index in [-0.39, 0.29) is 5.91 Å². The highest BCUT2D eigenvalue weighted by Crippen LogP contribution is 2.38. The van der Waals surface area contributed by atoms with Gasteiger partial charge in [-0.25, -0.2) is 0 Å². The van der Waals surface area contributed by atoms with E-state index in [0.29, 0.717) is 0 Å². The van der Waals surface area contributed by atoms with Gasteiger partial charge in [-0.3, -0.25) is 9.59 Å². The summed E-state index contributed by atoms with van der Waals surface area (Å²) in [7, 11) is 1.54. The van der Waals surface area contributed by atoms with Crippen LogP contribution in [0.3, 0.4) is 0 Å². The van der Waals surface area contributed by atoms with Gasteiger partial charge in [0.25, 0.3) is 0 Å². The average Bonchev–Trinajstić information content (AvgIpc) is 2.02. The molecule has 2 amide bonds. The number of nitrogens with one attached hydrogen (secondary N) is 1. The molecule has 0 aromatic rings. The lowest BCUT2D eigenvalue weighted by Crippen LogP contribution is -2.51. The first-order valence-electron chi connectivity index (χ1n) is 4.20. The van der Waals surface area contributed by atoms with Crippen LogP contribution in [-0.2, 0) is 9.59 Å². The van der Waals surface area contributed by atoms with Crippen LogP contribution in [0.5, 0.6) is 0 Å². The third-order valence-electron chi connectivity index (χ3n) is 2.97. The molecule has 0 heterocycles.